The molecular weight excluding hydrogens is 156 g/mol. The first-order chi connectivity index (χ1) is 5.72. The molecule has 0 aromatic rings. The molecule has 0 aliphatic carbocycles. The Hall–Kier alpha value is -0.610. The maximum Gasteiger partial charge on any atom is 0.239 e. The molecule has 4 nitrogen and oxygen atoms in total. The Balaban J connectivity index is 0. The van der Waals surface area contributed by atoms with Crippen LogP contribution in [-0.2, 0) is 4.79 Å². The van der Waals surface area contributed by atoms with E-state index in [0.717, 1.165) is 6.42 Å². The molecular formula is C8H20N2O2. The molecule has 0 bridgehead atoms. The van der Waals surface area contributed by atoms with Crippen molar-refractivity contribution >= 4 is 5.91 Å². The van der Waals surface area contributed by atoms with Crippen LogP contribution in [0.15, 0.2) is 0 Å². The van der Waals surface area contributed by atoms with E-state index in [1.807, 2.05) is 20.8 Å². The maximum atomic E-state index is 10.7. The normalized spacial score (nSPS) is 11.1. The Kier molecular flexibility index (Phi) is 12.1. The van der Waals surface area contributed by atoms with E-state index in [1.165, 1.54) is 0 Å². The number of rotatable bonds is 4. The van der Waals surface area contributed by atoms with E-state index in [-0.39, 0.29) is 12.5 Å². The lowest BCUT2D eigenvalue weighted by atomic mass is 10.3. The summed E-state index contributed by atoms with van der Waals surface area (Å²) < 4.78 is 0. The second kappa shape index (κ2) is 10.4. The van der Waals surface area contributed by atoms with Crippen LogP contribution in [0.5, 0.6) is 0 Å². The summed E-state index contributed by atoms with van der Waals surface area (Å²) in [7, 11) is 0. The van der Waals surface area contributed by atoms with Crippen LogP contribution in [0.3, 0.4) is 0 Å². The van der Waals surface area contributed by atoms with E-state index in [2.05, 4.69) is 5.32 Å². The molecule has 12 heavy (non-hydrogen) atoms. The minimum absolute atomic E-state index is 0.288. The predicted octanol–water partition coefficient (Wildman–Crippen LogP) is -0.142. The predicted molar refractivity (Wildman–Crippen MR) is 49.7 cm³/mol. The monoisotopic (exact) mass is 176 g/mol. The highest BCUT2D eigenvalue weighted by atomic mass is 16.3. The van der Waals surface area contributed by atoms with Gasteiger partial charge in [0.25, 0.3) is 0 Å². The summed E-state index contributed by atoms with van der Waals surface area (Å²) >= 11 is 0. The molecule has 4 N–H and O–H groups in total. The summed E-state index contributed by atoms with van der Waals surface area (Å²) in [5.41, 5.74) is 5.20. The van der Waals surface area contributed by atoms with Crippen molar-refractivity contribution < 1.29 is 9.90 Å². The van der Waals surface area contributed by atoms with Crippen molar-refractivity contribution in [2.45, 2.75) is 33.2 Å². The minimum Gasteiger partial charge on any atom is -0.394 e. The van der Waals surface area contributed by atoms with Gasteiger partial charge in [-0.1, -0.05) is 20.8 Å². The third-order valence-electron chi connectivity index (χ3n) is 1.08. The van der Waals surface area contributed by atoms with Crippen LogP contribution in [0.2, 0.25) is 0 Å². The second-order valence-electron chi connectivity index (χ2n) is 2.08. The number of carbonyl (C=O) groups is 1. The maximum absolute atomic E-state index is 10.7. The topological polar surface area (TPSA) is 75.4 Å². The lowest BCUT2D eigenvalue weighted by molar-refractivity contribution is -0.123. The van der Waals surface area contributed by atoms with Gasteiger partial charge in [-0.2, -0.15) is 0 Å². The fraction of sp³-hybridized carbons (Fsp3) is 0.875. The van der Waals surface area contributed by atoms with Gasteiger partial charge in [-0.25, -0.2) is 0 Å². The average Bonchev–Trinajstić information content (AvgIpc) is 2.16. The number of aliphatic hydroxyl groups excluding tert-OH is 1. The standard InChI is InChI=1S/C6H14N2O2.C2H6/c1-2-3-8-6(10)5(7)4-9;1-2/h5,9H,2-4,7H2,1H3,(H,8,10);1-2H3. The molecule has 0 heterocycles. The van der Waals surface area contributed by atoms with Gasteiger partial charge >= 0.3 is 0 Å². The Bertz CT molecular complexity index is 107. The van der Waals surface area contributed by atoms with Crippen LogP contribution in [-0.4, -0.2) is 30.2 Å². The second-order valence-corrected chi connectivity index (χ2v) is 2.08. The first-order valence-electron chi connectivity index (χ1n) is 4.36. The van der Waals surface area contributed by atoms with Crippen LogP contribution in [0.1, 0.15) is 27.2 Å². The summed E-state index contributed by atoms with van der Waals surface area (Å²) in [6.45, 7) is 6.27. The van der Waals surface area contributed by atoms with Crippen molar-refractivity contribution in [3.63, 3.8) is 0 Å². The molecule has 0 aliphatic heterocycles. The lowest BCUT2D eigenvalue weighted by Crippen LogP contribution is -2.43. The average molecular weight is 176 g/mol. The van der Waals surface area contributed by atoms with E-state index in [4.69, 9.17) is 10.8 Å². The molecule has 1 atom stereocenters. The molecule has 74 valence electrons. The smallest absolute Gasteiger partial charge is 0.239 e. The molecule has 0 aromatic heterocycles. The van der Waals surface area contributed by atoms with E-state index in [1.54, 1.807) is 0 Å². The van der Waals surface area contributed by atoms with Crippen molar-refractivity contribution in [2.24, 2.45) is 5.73 Å². The third kappa shape index (κ3) is 7.50. The largest absolute Gasteiger partial charge is 0.394 e. The Morgan fingerprint density at radius 2 is 2.08 bits per heavy atom. The summed E-state index contributed by atoms with van der Waals surface area (Å²) in [4.78, 5) is 10.7. The van der Waals surface area contributed by atoms with E-state index < -0.39 is 6.04 Å². The quantitative estimate of drug-likeness (QED) is 0.558. The molecule has 1 amide bonds. The van der Waals surface area contributed by atoms with Gasteiger partial charge in [-0.15, -0.1) is 0 Å². The van der Waals surface area contributed by atoms with Crippen LogP contribution < -0.4 is 11.1 Å². The molecule has 0 aliphatic rings. The molecule has 0 aromatic carbocycles. The van der Waals surface area contributed by atoms with E-state index >= 15 is 0 Å². The molecule has 0 fully saturated rings. The van der Waals surface area contributed by atoms with Crippen molar-refractivity contribution in [3.05, 3.63) is 0 Å². The number of hydrogen-bond acceptors (Lipinski definition) is 3. The number of aliphatic hydroxyl groups is 1. The summed E-state index contributed by atoms with van der Waals surface area (Å²) in [5.74, 6) is -0.288. The number of nitrogens with one attached hydrogen (secondary N) is 1. The Morgan fingerprint density at radius 3 is 2.42 bits per heavy atom. The van der Waals surface area contributed by atoms with E-state index in [0.29, 0.717) is 6.54 Å². The number of amides is 1. The molecule has 0 spiro atoms. The van der Waals surface area contributed by atoms with Crippen molar-refractivity contribution in [1.29, 1.82) is 0 Å². The van der Waals surface area contributed by atoms with Gasteiger partial charge in [0.15, 0.2) is 0 Å². The summed E-state index contributed by atoms with van der Waals surface area (Å²) in [6.07, 6.45) is 0.879. The number of nitrogens with two attached hydrogens (primary N) is 1. The highest BCUT2D eigenvalue weighted by Gasteiger charge is 2.09. The minimum atomic E-state index is -0.772. The molecule has 0 saturated heterocycles. The fourth-order valence-corrected chi connectivity index (χ4v) is 0.462. The lowest BCUT2D eigenvalue weighted by Gasteiger charge is -2.07. The molecule has 0 saturated carbocycles. The highest BCUT2D eigenvalue weighted by Crippen LogP contribution is 1.77. The Labute approximate surface area is 74.1 Å². The SMILES string of the molecule is CC.CCCNC(=O)C(N)CO. The van der Waals surface area contributed by atoms with Gasteiger partial charge in [-0.05, 0) is 6.42 Å². The van der Waals surface area contributed by atoms with Crippen LogP contribution in [0.25, 0.3) is 0 Å². The van der Waals surface area contributed by atoms with Gasteiger partial charge in [0.05, 0.1) is 6.61 Å². The van der Waals surface area contributed by atoms with Crippen molar-refractivity contribution in [2.75, 3.05) is 13.2 Å². The zero-order chi connectivity index (χ0) is 9.98. The fourth-order valence-electron chi connectivity index (χ4n) is 0.462. The molecule has 4 heteroatoms. The van der Waals surface area contributed by atoms with Gasteiger partial charge in [0.1, 0.15) is 6.04 Å². The van der Waals surface area contributed by atoms with Crippen LogP contribution in [0.4, 0.5) is 0 Å². The van der Waals surface area contributed by atoms with Crippen LogP contribution in [0, 0.1) is 0 Å². The van der Waals surface area contributed by atoms with Gasteiger partial charge in [-0.3, -0.25) is 4.79 Å². The zero-order valence-electron chi connectivity index (χ0n) is 8.13. The van der Waals surface area contributed by atoms with E-state index in [9.17, 15) is 4.79 Å². The van der Waals surface area contributed by atoms with Crippen molar-refractivity contribution in [3.8, 4) is 0 Å². The molecule has 0 radical (unpaired) electrons. The third-order valence-corrected chi connectivity index (χ3v) is 1.08. The molecule has 0 rings (SSSR count). The van der Waals surface area contributed by atoms with Gasteiger partial charge in [0, 0.05) is 6.54 Å². The first-order valence-corrected chi connectivity index (χ1v) is 4.36. The van der Waals surface area contributed by atoms with Crippen molar-refractivity contribution in [1.82, 2.24) is 5.32 Å². The number of carbonyl (C=O) groups excluding carboxylic acids is 1. The van der Waals surface area contributed by atoms with Gasteiger partial charge in [0.2, 0.25) is 5.91 Å². The summed E-state index contributed by atoms with van der Waals surface area (Å²) in [5, 5.41) is 11.0. The first kappa shape index (κ1) is 13.9. The summed E-state index contributed by atoms with van der Waals surface area (Å²) in [6, 6.07) is -0.772. The van der Waals surface area contributed by atoms with Gasteiger partial charge < -0.3 is 16.2 Å². The molecule has 1 unspecified atom stereocenters. The van der Waals surface area contributed by atoms with Crippen LogP contribution >= 0.6 is 0 Å². The Morgan fingerprint density at radius 1 is 1.58 bits per heavy atom. The zero-order valence-corrected chi connectivity index (χ0v) is 8.13. The number of hydrogen-bond donors (Lipinski definition) is 3. The highest BCUT2D eigenvalue weighted by molar-refractivity contribution is 5.81.